The third-order valence-corrected chi connectivity index (χ3v) is 14.7. The van der Waals surface area contributed by atoms with Crippen LogP contribution in [0.3, 0.4) is 0 Å². The minimum atomic E-state index is -0.165. The SMILES string of the molecule is CN1c2ccccc2C(C)(C)c2cccc(N(c3ccccc3)c3ccc4sc5ccc(N6c7ccccc7N7c8ccccc8C(C)(C)c8cccc6c87)cc5c4c3)c21. The molecule has 0 unspecified atom stereocenters. The minimum absolute atomic E-state index is 0.156. The van der Waals surface area contributed by atoms with E-state index >= 15 is 0 Å². The molecule has 0 fully saturated rings. The Labute approximate surface area is 355 Å². The van der Waals surface area contributed by atoms with Crippen molar-refractivity contribution in [3.05, 3.63) is 198 Å². The van der Waals surface area contributed by atoms with E-state index in [9.17, 15) is 0 Å². The van der Waals surface area contributed by atoms with E-state index in [2.05, 4.69) is 230 Å². The predicted molar refractivity (Wildman–Crippen MR) is 256 cm³/mol. The zero-order chi connectivity index (χ0) is 40.5. The fourth-order valence-corrected chi connectivity index (χ4v) is 11.6. The molecule has 0 spiro atoms. The van der Waals surface area contributed by atoms with E-state index in [0.29, 0.717) is 0 Å². The average Bonchev–Trinajstić information content (AvgIpc) is 3.65. The van der Waals surface area contributed by atoms with Crippen LogP contribution in [-0.4, -0.2) is 7.05 Å². The van der Waals surface area contributed by atoms with E-state index in [4.69, 9.17) is 0 Å². The molecule has 3 aliphatic rings. The Kier molecular flexibility index (Phi) is 7.38. The number of thiophene rings is 1. The summed E-state index contributed by atoms with van der Waals surface area (Å²) in [6, 6.07) is 65.3. The van der Waals surface area contributed by atoms with Gasteiger partial charge in [-0.05, 0) is 107 Å². The second-order valence-electron chi connectivity index (χ2n) is 17.5. The molecule has 8 aromatic carbocycles. The largest absolute Gasteiger partial charge is 0.342 e. The number of nitrogens with zero attached hydrogens (tertiary/aromatic N) is 4. The summed E-state index contributed by atoms with van der Waals surface area (Å²) in [5.74, 6) is 0. The van der Waals surface area contributed by atoms with Gasteiger partial charge in [-0.2, -0.15) is 0 Å². The van der Waals surface area contributed by atoms with Crippen LogP contribution in [0, 0.1) is 0 Å². The van der Waals surface area contributed by atoms with Crippen molar-refractivity contribution in [2.45, 2.75) is 38.5 Å². The van der Waals surface area contributed by atoms with Gasteiger partial charge in [-0.1, -0.05) is 119 Å². The third kappa shape index (κ3) is 4.78. The molecule has 12 rings (SSSR count). The fourth-order valence-electron chi connectivity index (χ4n) is 10.6. The summed E-state index contributed by atoms with van der Waals surface area (Å²) in [5.41, 5.74) is 18.2. The van der Waals surface area contributed by atoms with Gasteiger partial charge in [0.1, 0.15) is 0 Å². The van der Waals surface area contributed by atoms with Crippen LogP contribution in [0.2, 0.25) is 0 Å². The third-order valence-electron chi connectivity index (χ3n) is 13.5. The number of hydrogen-bond acceptors (Lipinski definition) is 5. The fraction of sp³-hybridized carbons (Fsp3) is 0.127. The number of anilines is 11. The standard InChI is InChI=1S/C55H44N4S/c1-54(2)40-19-9-11-23-44(40)56(5)52-42(54)21-15-27-48(52)57(35-17-7-6-8-18-35)36-29-31-50-38(33-36)39-34-37(30-32-51(39)60-50)58-46-25-13-14-26-47(46)59-45-24-12-10-20-41(45)55(3,4)43-22-16-28-49(58)53(43)59/h6-34H,1-5H3. The molecule has 0 atom stereocenters. The van der Waals surface area contributed by atoms with E-state index in [-0.39, 0.29) is 10.8 Å². The summed E-state index contributed by atoms with van der Waals surface area (Å²) < 4.78 is 2.56. The van der Waals surface area contributed by atoms with Crippen LogP contribution < -0.4 is 19.6 Å². The molecule has 60 heavy (non-hydrogen) atoms. The van der Waals surface area contributed by atoms with Crippen LogP contribution in [0.1, 0.15) is 49.9 Å². The molecule has 0 N–H and O–H groups in total. The first-order valence-electron chi connectivity index (χ1n) is 20.9. The Bertz CT molecular complexity index is 3210. The molecule has 0 radical (unpaired) electrons. The Morgan fingerprint density at radius 3 is 1.68 bits per heavy atom. The first kappa shape index (κ1) is 35.2. The zero-order valence-electron chi connectivity index (χ0n) is 34.4. The lowest BCUT2D eigenvalue weighted by molar-refractivity contribution is 0.629. The van der Waals surface area contributed by atoms with Crippen molar-refractivity contribution in [1.29, 1.82) is 0 Å². The molecule has 0 saturated heterocycles. The number of rotatable bonds is 4. The average molecular weight is 793 g/mol. The number of hydrogen-bond donors (Lipinski definition) is 0. The Hall–Kier alpha value is -6.82. The quantitative estimate of drug-likeness (QED) is 0.176. The summed E-state index contributed by atoms with van der Waals surface area (Å²) >= 11 is 1.87. The molecule has 3 aliphatic heterocycles. The summed E-state index contributed by atoms with van der Waals surface area (Å²) in [6.45, 7) is 9.45. The molecule has 0 bridgehead atoms. The van der Waals surface area contributed by atoms with Crippen molar-refractivity contribution in [2.24, 2.45) is 0 Å². The van der Waals surface area contributed by atoms with E-state index < -0.39 is 0 Å². The van der Waals surface area contributed by atoms with E-state index in [1.54, 1.807) is 0 Å². The molecule has 9 aromatic rings. The van der Waals surface area contributed by atoms with Crippen LogP contribution >= 0.6 is 11.3 Å². The zero-order valence-corrected chi connectivity index (χ0v) is 35.3. The van der Waals surface area contributed by atoms with Gasteiger partial charge in [0.15, 0.2) is 0 Å². The normalized spacial score (nSPS) is 15.2. The maximum atomic E-state index is 2.50. The van der Waals surface area contributed by atoms with Gasteiger partial charge in [0.25, 0.3) is 0 Å². The smallest absolute Gasteiger partial charge is 0.0744 e. The lowest BCUT2D eigenvalue weighted by atomic mass is 9.72. The Morgan fingerprint density at radius 2 is 0.950 bits per heavy atom. The summed E-state index contributed by atoms with van der Waals surface area (Å²) in [5, 5.41) is 2.52. The van der Waals surface area contributed by atoms with Gasteiger partial charge in [-0.25, -0.2) is 0 Å². The van der Waals surface area contributed by atoms with Gasteiger partial charge in [-0.3, -0.25) is 0 Å². The van der Waals surface area contributed by atoms with Gasteiger partial charge in [0.05, 0.1) is 39.8 Å². The van der Waals surface area contributed by atoms with E-state index in [0.717, 1.165) is 22.7 Å². The number of fused-ring (bicyclic) bond motifs is 9. The maximum absolute atomic E-state index is 2.50. The number of benzene rings is 8. The molecular formula is C55H44N4S. The van der Waals surface area contributed by atoms with Crippen LogP contribution in [0.4, 0.5) is 62.6 Å². The molecule has 4 nitrogen and oxygen atoms in total. The molecule has 0 saturated carbocycles. The van der Waals surface area contributed by atoms with Gasteiger partial charge in [0, 0.05) is 60.8 Å². The minimum Gasteiger partial charge on any atom is -0.342 e. The summed E-state index contributed by atoms with van der Waals surface area (Å²) in [7, 11) is 2.22. The van der Waals surface area contributed by atoms with Crippen LogP contribution in [0.25, 0.3) is 20.2 Å². The Morgan fingerprint density at radius 1 is 0.417 bits per heavy atom. The second kappa shape index (κ2) is 12.6. The Balaban J connectivity index is 1.05. The highest BCUT2D eigenvalue weighted by Crippen LogP contribution is 2.62. The highest BCUT2D eigenvalue weighted by molar-refractivity contribution is 7.25. The topological polar surface area (TPSA) is 13.0 Å². The highest BCUT2D eigenvalue weighted by Gasteiger charge is 2.43. The van der Waals surface area contributed by atoms with Crippen LogP contribution in [-0.2, 0) is 10.8 Å². The van der Waals surface area contributed by atoms with E-state index in [1.165, 1.54) is 82.2 Å². The van der Waals surface area contributed by atoms with Crippen molar-refractivity contribution in [2.75, 3.05) is 26.6 Å². The van der Waals surface area contributed by atoms with Crippen molar-refractivity contribution < 1.29 is 0 Å². The number of para-hydroxylation sites is 7. The monoisotopic (exact) mass is 792 g/mol. The molecule has 5 heteroatoms. The van der Waals surface area contributed by atoms with Crippen LogP contribution in [0.5, 0.6) is 0 Å². The summed E-state index contributed by atoms with van der Waals surface area (Å²) in [4.78, 5) is 9.84. The molecule has 1 aromatic heterocycles. The predicted octanol–water partition coefficient (Wildman–Crippen LogP) is 15.8. The van der Waals surface area contributed by atoms with Crippen molar-refractivity contribution in [3.63, 3.8) is 0 Å². The molecular weight excluding hydrogens is 749 g/mol. The maximum Gasteiger partial charge on any atom is 0.0744 e. The first-order valence-corrected chi connectivity index (χ1v) is 21.7. The van der Waals surface area contributed by atoms with Gasteiger partial charge in [-0.15, -0.1) is 11.3 Å². The highest BCUT2D eigenvalue weighted by atomic mass is 32.1. The van der Waals surface area contributed by atoms with Gasteiger partial charge in [0.2, 0.25) is 0 Å². The molecule has 0 amide bonds. The van der Waals surface area contributed by atoms with E-state index in [1.807, 2.05) is 11.3 Å². The second-order valence-corrected chi connectivity index (χ2v) is 18.6. The van der Waals surface area contributed by atoms with Crippen molar-refractivity contribution >= 4 is 94.1 Å². The first-order chi connectivity index (χ1) is 29.2. The van der Waals surface area contributed by atoms with Crippen LogP contribution in [0.15, 0.2) is 176 Å². The van der Waals surface area contributed by atoms with Crippen molar-refractivity contribution in [3.8, 4) is 0 Å². The van der Waals surface area contributed by atoms with Gasteiger partial charge >= 0.3 is 0 Å². The summed E-state index contributed by atoms with van der Waals surface area (Å²) in [6.07, 6.45) is 0. The lowest BCUT2D eigenvalue weighted by Gasteiger charge is -2.48. The van der Waals surface area contributed by atoms with Gasteiger partial charge < -0.3 is 19.6 Å². The molecule has 0 aliphatic carbocycles. The molecule has 4 heterocycles. The van der Waals surface area contributed by atoms with Crippen molar-refractivity contribution in [1.82, 2.24) is 0 Å². The lowest BCUT2D eigenvalue weighted by Crippen LogP contribution is -2.34. The molecule has 290 valence electrons.